The van der Waals surface area contributed by atoms with E-state index in [1.807, 2.05) is 60.3 Å². The molecule has 3 nitrogen and oxygen atoms in total. The molecule has 17 heavy (non-hydrogen) atoms. The van der Waals surface area contributed by atoms with Crippen LogP contribution < -0.4 is 0 Å². The van der Waals surface area contributed by atoms with E-state index in [2.05, 4.69) is 5.10 Å². The van der Waals surface area contributed by atoms with Crippen LogP contribution >= 0.6 is 0 Å². The zero-order chi connectivity index (χ0) is 11.7. The molecule has 0 saturated heterocycles. The second-order valence-electron chi connectivity index (χ2n) is 3.93. The van der Waals surface area contributed by atoms with Crippen molar-refractivity contribution < 1.29 is 4.42 Å². The van der Waals surface area contributed by atoms with Crippen LogP contribution in [0.25, 0.3) is 17.0 Å². The van der Waals surface area contributed by atoms with Crippen molar-refractivity contribution in [1.82, 2.24) is 9.78 Å². The third-order valence-electron chi connectivity index (χ3n) is 2.66. The summed E-state index contributed by atoms with van der Waals surface area (Å²) < 4.78 is 7.21. The highest BCUT2D eigenvalue weighted by molar-refractivity contribution is 5.58. The number of benzene rings is 1. The van der Waals surface area contributed by atoms with Crippen LogP contribution in [0.4, 0.5) is 0 Å². The average molecular weight is 224 g/mol. The van der Waals surface area contributed by atoms with Gasteiger partial charge in [-0.05, 0) is 49.4 Å². The Hall–Kier alpha value is -2.29. The van der Waals surface area contributed by atoms with Crippen molar-refractivity contribution in [2.75, 3.05) is 0 Å². The molecule has 0 atom stereocenters. The highest BCUT2D eigenvalue weighted by atomic mass is 16.3. The summed E-state index contributed by atoms with van der Waals surface area (Å²) in [6, 6.07) is 14.0. The van der Waals surface area contributed by atoms with Gasteiger partial charge in [-0.2, -0.15) is 5.10 Å². The maximum absolute atomic E-state index is 5.35. The van der Waals surface area contributed by atoms with Crippen molar-refractivity contribution >= 4 is 0 Å². The van der Waals surface area contributed by atoms with Crippen LogP contribution in [-0.2, 0) is 0 Å². The summed E-state index contributed by atoms with van der Waals surface area (Å²) in [4.78, 5) is 0. The van der Waals surface area contributed by atoms with E-state index < -0.39 is 0 Å². The van der Waals surface area contributed by atoms with Crippen LogP contribution in [0.1, 0.15) is 5.69 Å². The zero-order valence-corrected chi connectivity index (χ0v) is 9.50. The third-order valence-corrected chi connectivity index (χ3v) is 2.66. The van der Waals surface area contributed by atoms with Crippen molar-refractivity contribution in [1.29, 1.82) is 0 Å². The Balaban J connectivity index is 1.95. The summed E-state index contributed by atoms with van der Waals surface area (Å²) >= 11 is 0. The molecule has 0 spiro atoms. The monoisotopic (exact) mass is 224 g/mol. The van der Waals surface area contributed by atoms with Gasteiger partial charge in [0.2, 0.25) is 0 Å². The van der Waals surface area contributed by atoms with Gasteiger partial charge >= 0.3 is 0 Å². The first-order valence-corrected chi connectivity index (χ1v) is 5.49. The van der Waals surface area contributed by atoms with Crippen molar-refractivity contribution in [2.45, 2.75) is 6.92 Å². The van der Waals surface area contributed by atoms with Gasteiger partial charge in [-0.25, -0.2) is 4.68 Å². The van der Waals surface area contributed by atoms with Crippen LogP contribution in [0.3, 0.4) is 0 Å². The normalized spacial score (nSPS) is 10.6. The summed E-state index contributed by atoms with van der Waals surface area (Å²) in [6.07, 6.45) is 3.64. The van der Waals surface area contributed by atoms with E-state index in [-0.39, 0.29) is 0 Å². The van der Waals surface area contributed by atoms with Gasteiger partial charge < -0.3 is 4.42 Å². The molecule has 3 rings (SSSR count). The van der Waals surface area contributed by atoms with Crippen LogP contribution in [0, 0.1) is 6.92 Å². The van der Waals surface area contributed by atoms with Gasteiger partial charge in [-0.1, -0.05) is 0 Å². The molecule has 0 radical (unpaired) electrons. The number of aromatic nitrogens is 2. The minimum atomic E-state index is 0.883. The molecule has 3 aromatic rings. The Morgan fingerprint density at radius 3 is 2.47 bits per heavy atom. The lowest BCUT2D eigenvalue weighted by molar-refractivity contribution is 0.582. The second kappa shape index (κ2) is 3.94. The van der Waals surface area contributed by atoms with Crippen LogP contribution in [0.15, 0.2) is 59.3 Å². The fraction of sp³-hybridized carbons (Fsp3) is 0.0714. The van der Waals surface area contributed by atoms with Crippen LogP contribution in [0.5, 0.6) is 0 Å². The molecule has 2 heterocycles. The molecule has 84 valence electrons. The van der Waals surface area contributed by atoms with Crippen LogP contribution in [0.2, 0.25) is 0 Å². The lowest BCUT2D eigenvalue weighted by Gasteiger charge is -2.02. The fourth-order valence-corrected chi connectivity index (χ4v) is 1.78. The minimum Gasteiger partial charge on any atom is -0.464 e. The molecule has 3 heteroatoms. The molecule has 0 saturated carbocycles. The second-order valence-corrected chi connectivity index (χ2v) is 3.93. The fourth-order valence-electron chi connectivity index (χ4n) is 1.78. The quantitative estimate of drug-likeness (QED) is 0.667. The molecule has 2 aromatic heterocycles. The number of furan rings is 1. The van der Waals surface area contributed by atoms with Gasteiger partial charge in [0.25, 0.3) is 0 Å². The summed E-state index contributed by atoms with van der Waals surface area (Å²) in [6.45, 7) is 1.98. The van der Waals surface area contributed by atoms with Gasteiger partial charge in [0.05, 0.1) is 17.6 Å². The van der Waals surface area contributed by atoms with E-state index in [0.717, 1.165) is 22.7 Å². The molecule has 0 aliphatic heterocycles. The van der Waals surface area contributed by atoms with E-state index in [1.165, 1.54) is 0 Å². The summed E-state index contributed by atoms with van der Waals surface area (Å²) in [5, 5.41) is 4.37. The van der Waals surface area contributed by atoms with Gasteiger partial charge in [0.15, 0.2) is 0 Å². The van der Waals surface area contributed by atoms with Gasteiger partial charge in [0.1, 0.15) is 5.76 Å². The standard InChI is InChI=1S/C14H12N2O/c1-11-8-9-16(15-11)13-6-4-12(5-7-13)14-3-2-10-17-14/h2-10H,1H3. The Bertz CT molecular complexity index is 606. The van der Waals surface area contributed by atoms with E-state index in [4.69, 9.17) is 4.42 Å². The van der Waals surface area contributed by atoms with E-state index in [0.29, 0.717) is 0 Å². The lowest BCUT2D eigenvalue weighted by atomic mass is 10.1. The van der Waals surface area contributed by atoms with Crippen molar-refractivity contribution in [3.63, 3.8) is 0 Å². The minimum absolute atomic E-state index is 0.883. The lowest BCUT2D eigenvalue weighted by Crippen LogP contribution is -1.94. The molecule has 0 N–H and O–H groups in total. The Morgan fingerprint density at radius 2 is 1.88 bits per heavy atom. The van der Waals surface area contributed by atoms with E-state index in [1.54, 1.807) is 6.26 Å². The van der Waals surface area contributed by atoms with E-state index in [9.17, 15) is 0 Å². The first-order valence-electron chi connectivity index (χ1n) is 5.49. The number of nitrogens with zero attached hydrogens (tertiary/aromatic N) is 2. The molecule has 0 aliphatic carbocycles. The van der Waals surface area contributed by atoms with Crippen LogP contribution in [-0.4, -0.2) is 9.78 Å². The maximum atomic E-state index is 5.35. The Kier molecular flexibility index (Phi) is 2.29. The number of rotatable bonds is 2. The predicted octanol–water partition coefficient (Wildman–Crippen LogP) is 3.44. The van der Waals surface area contributed by atoms with Gasteiger partial charge in [-0.15, -0.1) is 0 Å². The van der Waals surface area contributed by atoms with Crippen molar-refractivity contribution in [3.8, 4) is 17.0 Å². The summed E-state index contributed by atoms with van der Waals surface area (Å²) in [5.41, 5.74) is 3.14. The Labute approximate surface area is 99.3 Å². The molecule has 1 aromatic carbocycles. The molecular weight excluding hydrogens is 212 g/mol. The zero-order valence-electron chi connectivity index (χ0n) is 9.50. The average Bonchev–Trinajstić information content (AvgIpc) is 3.00. The predicted molar refractivity (Wildman–Crippen MR) is 66.0 cm³/mol. The first kappa shape index (κ1) is 9.90. The summed E-state index contributed by atoms with van der Waals surface area (Å²) in [5.74, 6) is 0.883. The molecular formula is C14H12N2O. The SMILES string of the molecule is Cc1ccn(-c2ccc(-c3ccco3)cc2)n1. The molecule has 0 unspecified atom stereocenters. The van der Waals surface area contributed by atoms with Crippen molar-refractivity contribution in [3.05, 3.63) is 60.6 Å². The number of hydrogen-bond acceptors (Lipinski definition) is 2. The molecule has 0 aliphatic rings. The highest BCUT2D eigenvalue weighted by Crippen LogP contribution is 2.21. The number of hydrogen-bond donors (Lipinski definition) is 0. The summed E-state index contributed by atoms with van der Waals surface area (Å²) in [7, 11) is 0. The smallest absolute Gasteiger partial charge is 0.133 e. The molecule has 0 bridgehead atoms. The van der Waals surface area contributed by atoms with Gasteiger partial charge in [-0.3, -0.25) is 0 Å². The Morgan fingerprint density at radius 1 is 1.06 bits per heavy atom. The maximum Gasteiger partial charge on any atom is 0.133 e. The molecule has 0 amide bonds. The van der Waals surface area contributed by atoms with Gasteiger partial charge in [0, 0.05) is 11.8 Å². The largest absolute Gasteiger partial charge is 0.464 e. The number of aryl methyl sites for hydroxylation is 1. The van der Waals surface area contributed by atoms with E-state index >= 15 is 0 Å². The van der Waals surface area contributed by atoms with Crippen molar-refractivity contribution in [2.24, 2.45) is 0 Å². The third kappa shape index (κ3) is 1.87. The first-order chi connectivity index (χ1) is 8.33. The molecule has 0 fully saturated rings. The topological polar surface area (TPSA) is 31.0 Å². The highest BCUT2D eigenvalue weighted by Gasteiger charge is 2.02.